The second-order valence-corrected chi connectivity index (χ2v) is 11.2. The van der Waals surface area contributed by atoms with Gasteiger partial charge in [0.2, 0.25) is 21.8 Å². The van der Waals surface area contributed by atoms with Crippen LogP contribution in [-0.4, -0.2) is 71.1 Å². The minimum atomic E-state index is -3.60. The summed E-state index contributed by atoms with van der Waals surface area (Å²) in [5.41, 5.74) is 0. The molecule has 1 atom stereocenters. The third-order valence-corrected chi connectivity index (χ3v) is 8.14. The van der Waals surface area contributed by atoms with E-state index in [0.29, 0.717) is 51.4 Å². The Balaban J connectivity index is 1.47. The van der Waals surface area contributed by atoms with Crippen molar-refractivity contribution in [3.05, 3.63) is 24.3 Å². The quantitative estimate of drug-likeness (QED) is 0.540. The summed E-state index contributed by atoms with van der Waals surface area (Å²) in [6.45, 7) is 6.37. The van der Waals surface area contributed by atoms with Crippen molar-refractivity contribution in [3.8, 4) is 5.75 Å². The van der Waals surface area contributed by atoms with Crippen LogP contribution >= 0.6 is 0 Å². The summed E-state index contributed by atoms with van der Waals surface area (Å²) in [5, 5.41) is 2.99. The van der Waals surface area contributed by atoms with Gasteiger partial charge in [-0.1, -0.05) is 13.8 Å². The molecular weight excluding hydrogens is 458 g/mol. The van der Waals surface area contributed by atoms with Crippen molar-refractivity contribution in [2.45, 2.75) is 50.5 Å². The highest BCUT2D eigenvalue weighted by Crippen LogP contribution is 2.29. The summed E-state index contributed by atoms with van der Waals surface area (Å²) >= 11 is 0. The van der Waals surface area contributed by atoms with Crippen molar-refractivity contribution in [1.82, 2.24) is 14.9 Å². The maximum atomic E-state index is 12.9. The number of morpholine rings is 1. The molecule has 0 unspecified atom stereocenters. The van der Waals surface area contributed by atoms with Crippen LogP contribution in [0.25, 0.3) is 0 Å². The molecule has 2 fully saturated rings. The molecule has 2 amide bonds. The standard InChI is InChI=1S/C24H37N3O6S/c1-17(2)22(24(29)27-12-14-33-15-13-27)26-23(28)19-6-4-18(5-7-19)16-25-34(30,31)21-10-8-20(32-3)9-11-21/h8-11,17-19,22,25H,4-7,12-16H2,1-3H3,(H,26,28)/t18?,19?,22-/m1/s1. The molecule has 1 aromatic rings. The number of amides is 2. The summed E-state index contributed by atoms with van der Waals surface area (Å²) in [4.78, 5) is 27.8. The van der Waals surface area contributed by atoms with Gasteiger partial charge < -0.3 is 19.7 Å². The van der Waals surface area contributed by atoms with Gasteiger partial charge >= 0.3 is 0 Å². The molecule has 2 N–H and O–H groups in total. The Morgan fingerprint density at radius 2 is 1.71 bits per heavy atom. The summed E-state index contributed by atoms with van der Waals surface area (Å²) in [5.74, 6) is 0.469. The average Bonchev–Trinajstić information content (AvgIpc) is 2.86. The third kappa shape index (κ3) is 6.93. The predicted molar refractivity (Wildman–Crippen MR) is 128 cm³/mol. The molecule has 2 aliphatic rings. The average molecular weight is 496 g/mol. The highest BCUT2D eigenvalue weighted by Gasteiger charge is 2.33. The maximum Gasteiger partial charge on any atom is 0.245 e. The Bertz CT molecular complexity index is 921. The number of methoxy groups -OCH3 is 1. The number of nitrogens with zero attached hydrogens (tertiary/aromatic N) is 1. The van der Waals surface area contributed by atoms with Gasteiger partial charge in [-0.2, -0.15) is 0 Å². The molecule has 1 aliphatic carbocycles. The maximum absolute atomic E-state index is 12.9. The smallest absolute Gasteiger partial charge is 0.245 e. The fraction of sp³-hybridized carbons (Fsp3) is 0.667. The third-order valence-electron chi connectivity index (χ3n) is 6.70. The zero-order valence-electron chi connectivity index (χ0n) is 20.3. The van der Waals surface area contributed by atoms with Gasteiger partial charge in [0, 0.05) is 25.6 Å². The zero-order chi connectivity index (χ0) is 24.7. The van der Waals surface area contributed by atoms with E-state index >= 15 is 0 Å². The van der Waals surface area contributed by atoms with Gasteiger partial charge in [-0.05, 0) is 61.8 Å². The van der Waals surface area contributed by atoms with Crippen molar-refractivity contribution < 1.29 is 27.5 Å². The number of rotatable bonds is 9. The number of hydrogen-bond acceptors (Lipinski definition) is 6. The van der Waals surface area contributed by atoms with E-state index in [-0.39, 0.29) is 34.5 Å². The summed E-state index contributed by atoms with van der Waals surface area (Å²) < 4.78 is 38.2. The molecule has 190 valence electrons. The van der Waals surface area contributed by atoms with Gasteiger partial charge in [0.05, 0.1) is 25.2 Å². The van der Waals surface area contributed by atoms with Crippen molar-refractivity contribution in [2.24, 2.45) is 17.8 Å². The van der Waals surface area contributed by atoms with Gasteiger partial charge in [0.25, 0.3) is 0 Å². The summed E-state index contributed by atoms with van der Waals surface area (Å²) in [7, 11) is -2.07. The number of sulfonamides is 1. The van der Waals surface area contributed by atoms with E-state index in [9.17, 15) is 18.0 Å². The Kier molecular flexibility index (Phi) is 9.32. The molecule has 1 heterocycles. The van der Waals surface area contributed by atoms with E-state index in [2.05, 4.69) is 10.0 Å². The molecule has 9 nitrogen and oxygen atoms in total. The Morgan fingerprint density at radius 3 is 2.26 bits per heavy atom. The molecule has 0 bridgehead atoms. The highest BCUT2D eigenvalue weighted by atomic mass is 32.2. The lowest BCUT2D eigenvalue weighted by molar-refractivity contribution is -0.142. The van der Waals surface area contributed by atoms with Crippen LogP contribution in [0.3, 0.4) is 0 Å². The lowest BCUT2D eigenvalue weighted by Crippen LogP contribution is -2.55. The molecular formula is C24H37N3O6S. The van der Waals surface area contributed by atoms with E-state index in [4.69, 9.17) is 9.47 Å². The van der Waals surface area contributed by atoms with Gasteiger partial charge in [-0.15, -0.1) is 0 Å². The minimum absolute atomic E-state index is 0.0111. The monoisotopic (exact) mass is 495 g/mol. The van der Waals surface area contributed by atoms with Crippen LogP contribution in [0.1, 0.15) is 39.5 Å². The number of benzene rings is 1. The van der Waals surface area contributed by atoms with Crippen molar-refractivity contribution in [3.63, 3.8) is 0 Å². The topological polar surface area (TPSA) is 114 Å². The normalized spacial score (nSPS) is 22.3. The lowest BCUT2D eigenvalue weighted by atomic mass is 9.81. The molecule has 1 aliphatic heterocycles. The second-order valence-electron chi connectivity index (χ2n) is 9.41. The Morgan fingerprint density at radius 1 is 1.09 bits per heavy atom. The van der Waals surface area contributed by atoms with Crippen LogP contribution < -0.4 is 14.8 Å². The number of hydrogen-bond donors (Lipinski definition) is 2. The molecule has 0 aromatic heterocycles. The first-order valence-electron chi connectivity index (χ1n) is 12.0. The molecule has 0 radical (unpaired) electrons. The molecule has 1 saturated carbocycles. The van der Waals surface area contributed by atoms with Gasteiger partial charge in [-0.25, -0.2) is 13.1 Å². The van der Waals surface area contributed by atoms with Crippen LogP contribution in [0.15, 0.2) is 29.2 Å². The molecule has 10 heteroatoms. The van der Waals surface area contributed by atoms with Crippen LogP contribution in [0, 0.1) is 17.8 Å². The van der Waals surface area contributed by atoms with E-state index in [1.54, 1.807) is 17.0 Å². The molecule has 1 saturated heterocycles. The van der Waals surface area contributed by atoms with E-state index < -0.39 is 16.1 Å². The molecule has 3 rings (SSSR count). The fourth-order valence-corrected chi connectivity index (χ4v) is 5.58. The van der Waals surface area contributed by atoms with E-state index in [0.717, 1.165) is 12.8 Å². The number of ether oxygens (including phenoxy) is 2. The Hall–Kier alpha value is -2.17. The predicted octanol–water partition coefficient (Wildman–Crippen LogP) is 1.78. The molecule has 1 aromatic carbocycles. The van der Waals surface area contributed by atoms with Crippen LogP contribution in [0.5, 0.6) is 5.75 Å². The largest absolute Gasteiger partial charge is 0.497 e. The molecule has 0 spiro atoms. The van der Waals surface area contributed by atoms with Crippen molar-refractivity contribution in [1.29, 1.82) is 0 Å². The summed E-state index contributed by atoms with van der Waals surface area (Å²) in [6.07, 6.45) is 2.87. The number of nitrogens with one attached hydrogen (secondary N) is 2. The number of carbonyl (C=O) groups is 2. The van der Waals surface area contributed by atoms with Crippen LogP contribution in [0.4, 0.5) is 0 Å². The first-order chi connectivity index (χ1) is 16.2. The zero-order valence-corrected chi connectivity index (χ0v) is 21.1. The Labute approximate surface area is 202 Å². The lowest BCUT2D eigenvalue weighted by Gasteiger charge is -2.34. The molecule has 34 heavy (non-hydrogen) atoms. The number of carbonyl (C=O) groups excluding carboxylic acids is 2. The van der Waals surface area contributed by atoms with Crippen LogP contribution in [-0.2, 0) is 24.3 Å². The SMILES string of the molecule is COc1ccc(S(=O)(=O)NCC2CCC(C(=O)N[C@@H](C(=O)N3CCOCC3)C(C)C)CC2)cc1. The fourth-order valence-electron chi connectivity index (χ4n) is 4.46. The van der Waals surface area contributed by atoms with Crippen LogP contribution in [0.2, 0.25) is 0 Å². The summed E-state index contributed by atoms with van der Waals surface area (Å²) in [6, 6.07) is 5.73. The second kappa shape index (κ2) is 12.0. The van der Waals surface area contributed by atoms with E-state index in [1.807, 2.05) is 13.8 Å². The van der Waals surface area contributed by atoms with Crippen molar-refractivity contribution in [2.75, 3.05) is 40.0 Å². The van der Waals surface area contributed by atoms with Gasteiger partial charge in [-0.3, -0.25) is 9.59 Å². The van der Waals surface area contributed by atoms with Gasteiger partial charge in [0.1, 0.15) is 11.8 Å². The van der Waals surface area contributed by atoms with Gasteiger partial charge in [0.15, 0.2) is 0 Å². The highest BCUT2D eigenvalue weighted by molar-refractivity contribution is 7.89. The first kappa shape index (κ1) is 26.4. The van der Waals surface area contributed by atoms with E-state index in [1.165, 1.54) is 19.2 Å². The van der Waals surface area contributed by atoms with Crippen molar-refractivity contribution >= 4 is 21.8 Å². The first-order valence-corrected chi connectivity index (χ1v) is 13.5. The minimum Gasteiger partial charge on any atom is -0.497 e.